The molecule has 1 aromatic carbocycles. The van der Waals surface area contributed by atoms with Crippen LogP contribution in [-0.4, -0.2) is 11.5 Å². The van der Waals surface area contributed by atoms with Crippen molar-refractivity contribution in [2.75, 3.05) is 11.9 Å². The quantitative estimate of drug-likeness (QED) is 0.834. The summed E-state index contributed by atoms with van der Waals surface area (Å²) in [5.74, 6) is 0. The highest BCUT2D eigenvalue weighted by molar-refractivity contribution is 6.35. The molecule has 0 bridgehead atoms. The van der Waals surface area contributed by atoms with E-state index in [1.807, 2.05) is 6.07 Å². The normalized spacial score (nSPS) is 10.9. The van der Waals surface area contributed by atoms with Gasteiger partial charge in [0.05, 0.1) is 10.5 Å². The minimum atomic E-state index is 0.743. The predicted octanol–water partition coefficient (Wildman–Crippen LogP) is 4.97. The third-order valence-corrected chi connectivity index (χ3v) is 3.42. The van der Waals surface area contributed by atoms with E-state index in [0.29, 0.717) is 0 Å². The van der Waals surface area contributed by atoms with Crippen molar-refractivity contribution in [1.29, 1.82) is 0 Å². The third kappa shape index (κ3) is 3.19. The van der Waals surface area contributed by atoms with Gasteiger partial charge in [-0.15, -0.1) is 0 Å². The van der Waals surface area contributed by atoms with E-state index in [0.717, 1.165) is 53.1 Å². The van der Waals surface area contributed by atoms with Crippen molar-refractivity contribution < 1.29 is 0 Å². The van der Waals surface area contributed by atoms with Gasteiger partial charge in [-0.25, -0.2) is 0 Å². The molecule has 0 aliphatic carbocycles. The molecular weight excluding hydrogens is 256 g/mol. The molecule has 0 saturated heterocycles. The molecule has 2 rings (SSSR count). The summed E-state index contributed by atoms with van der Waals surface area (Å²) in [6.45, 7) is 7.37. The molecule has 2 nitrogen and oxygen atoms in total. The first kappa shape index (κ1) is 14.1. The summed E-state index contributed by atoms with van der Waals surface area (Å²) in [4.78, 5) is 4.70. The van der Waals surface area contributed by atoms with Gasteiger partial charge in [0.1, 0.15) is 0 Å². The molecular formula is C16H21ClN2. The van der Waals surface area contributed by atoms with Crippen molar-refractivity contribution in [3.05, 3.63) is 34.5 Å². The summed E-state index contributed by atoms with van der Waals surface area (Å²) in [6.07, 6.45) is 3.18. The molecule has 0 aliphatic rings. The topological polar surface area (TPSA) is 24.9 Å². The lowest BCUT2D eigenvalue weighted by Crippen LogP contribution is -2.03. The average Bonchev–Trinajstić information content (AvgIpc) is 2.37. The van der Waals surface area contributed by atoms with Gasteiger partial charge in [0.2, 0.25) is 0 Å². The van der Waals surface area contributed by atoms with Crippen LogP contribution in [0.1, 0.15) is 37.9 Å². The van der Waals surface area contributed by atoms with Crippen molar-refractivity contribution in [3.63, 3.8) is 0 Å². The molecule has 0 fully saturated rings. The molecule has 102 valence electrons. The Balaban J connectivity index is 2.60. The Morgan fingerprint density at radius 2 is 1.95 bits per heavy atom. The van der Waals surface area contributed by atoms with E-state index in [9.17, 15) is 0 Å². The fourth-order valence-electron chi connectivity index (χ4n) is 2.26. The molecule has 0 atom stereocenters. The van der Waals surface area contributed by atoms with Crippen molar-refractivity contribution in [3.8, 4) is 0 Å². The van der Waals surface area contributed by atoms with E-state index in [2.05, 4.69) is 38.2 Å². The first-order valence-corrected chi connectivity index (χ1v) is 7.37. The molecule has 0 amide bonds. The van der Waals surface area contributed by atoms with Crippen LogP contribution in [0, 0.1) is 6.92 Å². The minimum absolute atomic E-state index is 0.743. The molecule has 19 heavy (non-hydrogen) atoms. The number of aryl methyl sites for hydroxylation is 2. The summed E-state index contributed by atoms with van der Waals surface area (Å²) in [7, 11) is 0. The van der Waals surface area contributed by atoms with E-state index in [-0.39, 0.29) is 0 Å². The lowest BCUT2D eigenvalue weighted by atomic mass is 10.1. The van der Waals surface area contributed by atoms with Gasteiger partial charge >= 0.3 is 0 Å². The number of hydrogen-bond donors (Lipinski definition) is 1. The fourth-order valence-corrected chi connectivity index (χ4v) is 2.58. The summed E-state index contributed by atoms with van der Waals surface area (Å²) in [6, 6.07) is 6.30. The van der Waals surface area contributed by atoms with E-state index in [1.54, 1.807) is 0 Å². The first-order valence-electron chi connectivity index (χ1n) is 6.99. The van der Waals surface area contributed by atoms with Crippen LogP contribution in [0.25, 0.3) is 10.9 Å². The van der Waals surface area contributed by atoms with Crippen LogP contribution in [0.4, 0.5) is 5.69 Å². The van der Waals surface area contributed by atoms with Crippen molar-refractivity contribution in [1.82, 2.24) is 4.98 Å². The number of nitrogens with one attached hydrogen (secondary N) is 1. The van der Waals surface area contributed by atoms with Crippen LogP contribution in [0.3, 0.4) is 0 Å². The largest absolute Gasteiger partial charge is 0.384 e. The van der Waals surface area contributed by atoms with Gasteiger partial charge in [-0.05, 0) is 43.5 Å². The number of rotatable bonds is 5. The number of pyridine rings is 1. The lowest BCUT2D eigenvalue weighted by molar-refractivity contribution is 0.888. The highest BCUT2D eigenvalue weighted by Crippen LogP contribution is 2.30. The smallest absolute Gasteiger partial charge is 0.0912 e. The van der Waals surface area contributed by atoms with Crippen molar-refractivity contribution in [2.24, 2.45) is 0 Å². The van der Waals surface area contributed by atoms with E-state index in [4.69, 9.17) is 16.6 Å². The van der Waals surface area contributed by atoms with Gasteiger partial charge < -0.3 is 5.32 Å². The average molecular weight is 277 g/mol. The molecule has 0 spiro atoms. The second kappa shape index (κ2) is 6.25. The first-order chi connectivity index (χ1) is 9.15. The lowest BCUT2D eigenvalue weighted by Gasteiger charge is -2.13. The third-order valence-electron chi connectivity index (χ3n) is 3.14. The highest BCUT2D eigenvalue weighted by Gasteiger charge is 2.09. The molecule has 0 aliphatic heterocycles. The molecule has 2 aromatic rings. The summed E-state index contributed by atoms with van der Waals surface area (Å²) in [5, 5.41) is 5.36. The number of hydrogen-bond acceptors (Lipinski definition) is 2. The minimum Gasteiger partial charge on any atom is -0.384 e. The number of nitrogens with zero attached hydrogens (tertiary/aromatic N) is 1. The number of halogens is 1. The highest BCUT2D eigenvalue weighted by atomic mass is 35.5. The molecule has 1 aromatic heterocycles. The zero-order valence-electron chi connectivity index (χ0n) is 11.9. The number of aromatic nitrogens is 1. The van der Waals surface area contributed by atoms with Crippen LogP contribution in [-0.2, 0) is 6.42 Å². The Morgan fingerprint density at radius 3 is 2.63 bits per heavy atom. The fraction of sp³-hybridized carbons (Fsp3) is 0.438. The van der Waals surface area contributed by atoms with Crippen LogP contribution in [0.5, 0.6) is 0 Å². The van der Waals surface area contributed by atoms with Crippen LogP contribution in [0.2, 0.25) is 5.02 Å². The maximum atomic E-state index is 6.35. The summed E-state index contributed by atoms with van der Waals surface area (Å²) >= 11 is 6.35. The van der Waals surface area contributed by atoms with Gasteiger partial charge in [0.15, 0.2) is 0 Å². The summed E-state index contributed by atoms with van der Waals surface area (Å²) in [5.41, 5.74) is 4.35. The van der Waals surface area contributed by atoms with E-state index in [1.165, 1.54) is 5.56 Å². The molecule has 0 radical (unpaired) electrons. The van der Waals surface area contributed by atoms with E-state index < -0.39 is 0 Å². The Kier molecular flexibility index (Phi) is 4.65. The molecule has 1 N–H and O–H groups in total. The predicted molar refractivity (Wildman–Crippen MR) is 84.3 cm³/mol. The Morgan fingerprint density at radius 1 is 1.16 bits per heavy atom. The zero-order chi connectivity index (χ0) is 13.8. The maximum Gasteiger partial charge on any atom is 0.0912 e. The zero-order valence-corrected chi connectivity index (χ0v) is 12.6. The van der Waals surface area contributed by atoms with Crippen molar-refractivity contribution in [2.45, 2.75) is 40.0 Å². The van der Waals surface area contributed by atoms with Gasteiger partial charge in [0, 0.05) is 23.3 Å². The number of benzene rings is 1. The second-order valence-corrected chi connectivity index (χ2v) is 5.39. The Labute approximate surface area is 120 Å². The molecule has 0 unspecified atom stereocenters. The van der Waals surface area contributed by atoms with Crippen LogP contribution >= 0.6 is 11.6 Å². The number of fused-ring (bicyclic) bond motifs is 1. The van der Waals surface area contributed by atoms with Gasteiger partial charge in [-0.3, -0.25) is 4.98 Å². The van der Waals surface area contributed by atoms with E-state index >= 15 is 0 Å². The number of anilines is 1. The van der Waals surface area contributed by atoms with Crippen LogP contribution in [0.15, 0.2) is 18.2 Å². The molecule has 3 heteroatoms. The standard InChI is InChI=1S/C16H21ClN2/c1-4-6-12-10-15(18-7-5-2)13-8-11(3)9-14(17)16(13)19-12/h8-10H,4-7H2,1-3H3,(H,18,19). The van der Waals surface area contributed by atoms with Gasteiger partial charge in [0.25, 0.3) is 0 Å². The second-order valence-electron chi connectivity index (χ2n) is 4.98. The van der Waals surface area contributed by atoms with Gasteiger partial charge in [-0.2, -0.15) is 0 Å². The monoisotopic (exact) mass is 276 g/mol. The summed E-state index contributed by atoms with van der Waals surface area (Å²) < 4.78 is 0. The maximum absolute atomic E-state index is 6.35. The van der Waals surface area contributed by atoms with Crippen molar-refractivity contribution >= 4 is 28.2 Å². The molecule has 0 saturated carbocycles. The SMILES string of the molecule is CCCNc1cc(CCC)nc2c(Cl)cc(C)cc12. The molecule has 1 heterocycles. The van der Waals surface area contributed by atoms with Crippen LogP contribution < -0.4 is 5.32 Å². The van der Waals surface area contributed by atoms with Gasteiger partial charge in [-0.1, -0.05) is 31.9 Å². The Hall–Kier alpha value is -1.28. The Bertz CT molecular complexity index is 578.